The third kappa shape index (κ3) is 4.73. The molecular formula is C16H34N2O. The van der Waals surface area contributed by atoms with Crippen LogP contribution in [-0.2, 0) is 4.74 Å². The van der Waals surface area contributed by atoms with E-state index in [1.54, 1.807) is 0 Å². The zero-order valence-corrected chi connectivity index (χ0v) is 13.4. The van der Waals surface area contributed by atoms with E-state index in [0.717, 1.165) is 25.6 Å². The highest BCUT2D eigenvalue weighted by Crippen LogP contribution is 2.42. The van der Waals surface area contributed by atoms with Crippen molar-refractivity contribution >= 4 is 0 Å². The van der Waals surface area contributed by atoms with Crippen molar-refractivity contribution in [3.63, 3.8) is 0 Å². The predicted molar refractivity (Wildman–Crippen MR) is 82.3 cm³/mol. The second-order valence-corrected chi connectivity index (χ2v) is 6.50. The highest BCUT2D eigenvalue weighted by atomic mass is 16.5. The minimum Gasteiger partial charge on any atom is -0.378 e. The SMILES string of the molecule is CCOC1CC(NCCCC(CC)CCN)C1(C)C. The maximum Gasteiger partial charge on any atom is 0.0655 e. The van der Waals surface area contributed by atoms with Gasteiger partial charge in [-0.25, -0.2) is 0 Å². The summed E-state index contributed by atoms with van der Waals surface area (Å²) in [5.74, 6) is 0.817. The van der Waals surface area contributed by atoms with Crippen LogP contribution < -0.4 is 11.1 Å². The van der Waals surface area contributed by atoms with Crippen molar-refractivity contribution < 1.29 is 4.74 Å². The van der Waals surface area contributed by atoms with Crippen LogP contribution in [0, 0.1) is 11.3 Å². The summed E-state index contributed by atoms with van der Waals surface area (Å²) in [6, 6.07) is 0.624. The number of hydrogen-bond donors (Lipinski definition) is 2. The van der Waals surface area contributed by atoms with E-state index in [2.05, 4.69) is 33.0 Å². The first-order chi connectivity index (χ1) is 9.06. The van der Waals surface area contributed by atoms with Gasteiger partial charge in [-0.1, -0.05) is 27.2 Å². The summed E-state index contributed by atoms with van der Waals surface area (Å²) in [7, 11) is 0. The molecule has 1 saturated carbocycles. The van der Waals surface area contributed by atoms with Crippen LogP contribution in [0.2, 0.25) is 0 Å². The van der Waals surface area contributed by atoms with Crippen molar-refractivity contribution in [1.29, 1.82) is 0 Å². The molecule has 3 atom stereocenters. The Labute approximate surface area is 119 Å². The Morgan fingerprint density at radius 2 is 2.05 bits per heavy atom. The maximum atomic E-state index is 5.76. The van der Waals surface area contributed by atoms with Gasteiger partial charge in [-0.2, -0.15) is 0 Å². The van der Waals surface area contributed by atoms with Gasteiger partial charge in [0.15, 0.2) is 0 Å². The molecule has 1 rings (SSSR count). The van der Waals surface area contributed by atoms with Gasteiger partial charge in [0.05, 0.1) is 6.10 Å². The van der Waals surface area contributed by atoms with E-state index in [1.807, 2.05) is 0 Å². The van der Waals surface area contributed by atoms with Crippen LogP contribution in [0.5, 0.6) is 0 Å². The van der Waals surface area contributed by atoms with Gasteiger partial charge in [-0.3, -0.25) is 0 Å². The molecule has 1 fully saturated rings. The van der Waals surface area contributed by atoms with Gasteiger partial charge in [0.25, 0.3) is 0 Å². The molecule has 0 saturated heterocycles. The second kappa shape index (κ2) is 8.23. The average molecular weight is 270 g/mol. The van der Waals surface area contributed by atoms with Gasteiger partial charge >= 0.3 is 0 Å². The molecule has 3 heteroatoms. The Bertz CT molecular complexity index is 243. The molecule has 3 nitrogen and oxygen atoms in total. The quantitative estimate of drug-likeness (QED) is 0.600. The molecule has 0 aliphatic heterocycles. The van der Waals surface area contributed by atoms with Crippen LogP contribution in [0.15, 0.2) is 0 Å². The van der Waals surface area contributed by atoms with Crippen molar-refractivity contribution in [3.8, 4) is 0 Å². The second-order valence-electron chi connectivity index (χ2n) is 6.50. The lowest BCUT2D eigenvalue weighted by atomic mass is 9.64. The molecule has 1 aliphatic rings. The van der Waals surface area contributed by atoms with E-state index in [4.69, 9.17) is 10.5 Å². The molecule has 1 aliphatic carbocycles. The Balaban J connectivity index is 2.14. The fraction of sp³-hybridized carbons (Fsp3) is 1.00. The van der Waals surface area contributed by atoms with E-state index in [1.165, 1.54) is 32.1 Å². The highest BCUT2D eigenvalue weighted by molar-refractivity contribution is 5.02. The van der Waals surface area contributed by atoms with Crippen LogP contribution in [0.4, 0.5) is 0 Å². The van der Waals surface area contributed by atoms with E-state index in [0.29, 0.717) is 12.1 Å². The molecule has 19 heavy (non-hydrogen) atoms. The van der Waals surface area contributed by atoms with Gasteiger partial charge in [-0.15, -0.1) is 0 Å². The summed E-state index contributed by atoms with van der Waals surface area (Å²) in [5.41, 5.74) is 5.93. The Kier molecular flexibility index (Phi) is 7.33. The first-order valence-electron chi connectivity index (χ1n) is 8.11. The molecule has 0 aromatic carbocycles. The number of ether oxygens (including phenoxy) is 1. The lowest BCUT2D eigenvalue weighted by Crippen LogP contribution is -2.61. The van der Waals surface area contributed by atoms with Crippen molar-refractivity contribution in [2.45, 2.75) is 71.9 Å². The first kappa shape index (κ1) is 16.9. The normalized spacial score (nSPS) is 27.0. The number of nitrogens with two attached hydrogens (primary N) is 1. The minimum atomic E-state index is 0.289. The van der Waals surface area contributed by atoms with E-state index in [-0.39, 0.29) is 5.41 Å². The minimum absolute atomic E-state index is 0.289. The van der Waals surface area contributed by atoms with Gasteiger partial charge in [0, 0.05) is 18.1 Å². The van der Waals surface area contributed by atoms with Gasteiger partial charge in [0.1, 0.15) is 0 Å². The molecule has 0 amide bonds. The van der Waals surface area contributed by atoms with Crippen molar-refractivity contribution in [1.82, 2.24) is 5.32 Å². The fourth-order valence-electron chi connectivity index (χ4n) is 3.17. The molecule has 0 bridgehead atoms. The standard InChI is InChI=1S/C16H34N2O/c1-5-13(9-10-17)8-7-11-18-14-12-15(19-6-2)16(14,3)4/h13-15,18H,5-12,17H2,1-4H3. The molecule has 0 aromatic heterocycles. The Morgan fingerprint density at radius 1 is 1.32 bits per heavy atom. The largest absolute Gasteiger partial charge is 0.378 e. The third-order valence-corrected chi connectivity index (χ3v) is 4.88. The lowest BCUT2D eigenvalue weighted by molar-refractivity contribution is -0.114. The number of hydrogen-bond acceptors (Lipinski definition) is 3. The van der Waals surface area contributed by atoms with Gasteiger partial charge < -0.3 is 15.8 Å². The Morgan fingerprint density at radius 3 is 2.58 bits per heavy atom. The molecule has 114 valence electrons. The summed E-state index contributed by atoms with van der Waals surface area (Å²) < 4.78 is 5.76. The zero-order valence-electron chi connectivity index (χ0n) is 13.4. The fourth-order valence-corrected chi connectivity index (χ4v) is 3.17. The van der Waals surface area contributed by atoms with E-state index < -0.39 is 0 Å². The van der Waals surface area contributed by atoms with Crippen LogP contribution in [0.25, 0.3) is 0 Å². The lowest BCUT2D eigenvalue weighted by Gasteiger charge is -2.52. The maximum absolute atomic E-state index is 5.76. The Hall–Kier alpha value is -0.120. The molecule has 3 unspecified atom stereocenters. The summed E-state index contributed by atoms with van der Waals surface area (Å²) >= 11 is 0. The van der Waals surface area contributed by atoms with Crippen molar-refractivity contribution in [2.75, 3.05) is 19.7 Å². The van der Waals surface area contributed by atoms with Crippen LogP contribution in [0.3, 0.4) is 0 Å². The van der Waals surface area contributed by atoms with Crippen LogP contribution in [-0.4, -0.2) is 31.8 Å². The molecule has 0 radical (unpaired) electrons. The summed E-state index contributed by atoms with van der Waals surface area (Å²) in [6.07, 6.45) is 6.63. The molecule has 0 spiro atoms. The topological polar surface area (TPSA) is 47.3 Å². The third-order valence-electron chi connectivity index (χ3n) is 4.88. The average Bonchev–Trinajstić information content (AvgIpc) is 2.39. The zero-order chi connectivity index (χ0) is 14.3. The summed E-state index contributed by atoms with van der Waals surface area (Å²) in [5, 5.41) is 3.71. The monoisotopic (exact) mass is 270 g/mol. The molecule has 3 N–H and O–H groups in total. The summed E-state index contributed by atoms with van der Waals surface area (Å²) in [6.45, 7) is 11.8. The van der Waals surface area contributed by atoms with Crippen molar-refractivity contribution in [3.05, 3.63) is 0 Å². The van der Waals surface area contributed by atoms with E-state index in [9.17, 15) is 0 Å². The molecule has 0 aromatic rings. The van der Waals surface area contributed by atoms with Gasteiger partial charge in [-0.05, 0) is 51.6 Å². The number of rotatable bonds is 10. The van der Waals surface area contributed by atoms with E-state index >= 15 is 0 Å². The highest BCUT2D eigenvalue weighted by Gasteiger charge is 2.48. The van der Waals surface area contributed by atoms with Crippen molar-refractivity contribution in [2.24, 2.45) is 17.1 Å². The molecular weight excluding hydrogens is 236 g/mol. The van der Waals surface area contributed by atoms with Crippen LogP contribution >= 0.6 is 0 Å². The predicted octanol–water partition coefficient (Wildman–Crippen LogP) is 2.93. The number of nitrogens with one attached hydrogen (secondary N) is 1. The summed E-state index contributed by atoms with van der Waals surface area (Å²) in [4.78, 5) is 0. The first-order valence-corrected chi connectivity index (χ1v) is 8.11. The van der Waals surface area contributed by atoms with Crippen LogP contribution in [0.1, 0.15) is 59.8 Å². The molecule has 0 heterocycles. The smallest absolute Gasteiger partial charge is 0.0655 e. The van der Waals surface area contributed by atoms with Gasteiger partial charge in [0.2, 0.25) is 0 Å².